The number of hydrogen-bond donors (Lipinski definition) is 3. The van der Waals surface area contributed by atoms with Crippen LogP contribution in [-0.4, -0.2) is 48.4 Å². The van der Waals surface area contributed by atoms with E-state index in [0.29, 0.717) is 48.5 Å². The fourth-order valence-corrected chi connectivity index (χ4v) is 4.05. The first-order chi connectivity index (χ1) is 13.9. The summed E-state index contributed by atoms with van der Waals surface area (Å²) in [5.41, 5.74) is 0.865. The van der Waals surface area contributed by atoms with E-state index in [4.69, 9.17) is 29.2 Å². The van der Waals surface area contributed by atoms with Crippen molar-refractivity contribution in [3.8, 4) is 0 Å². The number of rotatable bonds is 8. The van der Waals surface area contributed by atoms with Gasteiger partial charge in [0, 0.05) is 19.0 Å². The van der Waals surface area contributed by atoms with E-state index in [1.165, 1.54) is 23.8 Å². The molecule has 1 heterocycles. The topological polar surface area (TPSA) is 65.6 Å². The predicted octanol–water partition coefficient (Wildman–Crippen LogP) is 3.61. The smallest absolute Gasteiger partial charge is 0.414 e. The van der Waals surface area contributed by atoms with E-state index in [9.17, 15) is 9.18 Å². The number of carbonyl (C=O) groups is 1. The Labute approximate surface area is 181 Å². The lowest BCUT2D eigenvalue weighted by atomic mass is 10.1. The molecular weight excluding hydrogens is 411 g/mol. The average Bonchev–Trinajstić information content (AvgIpc) is 3.34. The first kappa shape index (κ1) is 21.7. The van der Waals surface area contributed by atoms with E-state index in [0.717, 1.165) is 17.8 Å². The second-order valence-electron chi connectivity index (χ2n) is 7.42. The van der Waals surface area contributed by atoms with Crippen molar-refractivity contribution in [3.05, 3.63) is 24.0 Å². The van der Waals surface area contributed by atoms with E-state index < -0.39 is 11.9 Å². The van der Waals surface area contributed by atoms with Gasteiger partial charge in [0.2, 0.25) is 0 Å². The van der Waals surface area contributed by atoms with E-state index in [2.05, 4.69) is 16.0 Å². The molecule has 0 radical (unpaired) electrons. The van der Waals surface area contributed by atoms with Gasteiger partial charge in [-0.3, -0.25) is 4.90 Å². The van der Waals surface area contributed by atoms with Crippen molar-refractivity contribution in [3.63, 3.8) is 0 Å². The molecule has 2 aliphatic rings. The van der Waals surface area contributed by atoms with Crippen LogP contribution in [0, 0.1) is 11.7 Å². The van der Waals surface area contributed by atoms with Crippen molar-refractivity contribution in [2.24, 2.45) is 5.92 Å². The molecule has 9 heteroatoms. The van der Waals surface area contributed by atoms with Gasteiger partial charge in [-0.15, -0.1) is 0 Å². The van der Waals surface area contributed by atoms with E-state index >= 15 is 0 Å². The third-order valence-electron chi connectivity index (χ3n) is 5.18. The van der Waals surface area contributed by atoms with Crippen LogP contribution in [0.3, 0.4) is 0 Å². The minimum absolute atomic E-state index is 0.323. The number of ether oxygens (including phenoxy) is 1. The molecule has 0 bridgehead atoms. The summed E-state index contributed by atoms with van der Waals surface area (Å²) in [5, 5.41) is 9.32. The highest BCUT2D eigenvalue weighted by Gasteiger charge is 2.32. The lowest BCUT2D eigenvalue weighted by Gasteiger charge is -2.16. The molecular formula is C20H27FN4O2S2. The maximum Gasteiger partial charge on any atom is 0.414 e. The molecule has 1 saturated heterocycles. The number of thiocarbonyl (C=S) groups is 2. The summed E-state index contributed by atoms with van der Waals surface area (Å²) < 4.78 is 19.8. The van der Waals surface area contributed by atoms with Gasteiger partial charge in [-0.1, -0.05) is 37.3 Å². The minimum atomic E-state index is -0.483. The van der Waals surface area contributed by atoms with Gasteiger partial charge < -0.3 is 20.7 Å². The highest BCUT2D eigenvalue weighted by atomic mass is 32.1. The summed E-state index contributed by atoms with van der Waals surface area (Å²) in [6.07, 6.45) is 4.01. The quantitative estimate of drug-likeness (QED) is 0.423. The van der Waals surface area contributed by atoms with Crippen molar-refractivity contribution >= 4 is 51.9 Å². The maximum absolute atomic E-state index is 14.5. The standard InChI is InChI=1S/C20H27FN4O2S2/c1-13(28)24-11-16-12-25(20(26)27-16)15-6-7-18(17(21)10-15)22-8-9-23-19(29)14-4-2-3-5-14/h6-7,10,14,16,22H,2-5,8-9,11-12H2,1H3,(H,23,29)(H,24,28)/t16-/m0/s1. The summed E-state index contributed by atoms with van der Waals surface area (Å²) in [4.78, 5) is 15.1. The number of hydrogen-bond acceptors (Lipinski definition) is 5. The third kappa shape index (κ3) is 5.99. The van der Waals surface area contributed by atoms with Crippen LogP contribution in [0.15, 0.2) is 18.2 Å². The zero-order valence-electron chi connectivity index (χ0n) is 16.5. The van der Waals surface area contributed by atoms with Crippen molar-refractivity contribution in [2.45, 2.75) is 38.7 Å². The molecule has 3 N–H and O–H groups in total. The molecule has 1 aliphatic carbocycles. The highest BCUT2D eigenvalue weighted by Crippen LogP contribution is 2.26. The molecule has 29 heavy (non-hydrogen) atoms. The van der Waals surface area contributed by atoms with Gasteiger partial charge in [0.1, 0.15) is 11.9 Å². The largest absolute Gasteiger partial charge is 0.442 e. The molecule has 0 spiro atoms. The normalized spacial score (nSPS) is 19.2. The van der Waals surface area contributed by atoms with Gasteiger partial charge in [-0.2, -0.15) is 0 Å². The Morgan fingerprint density at radius 3 is 2.69 bits per heavy atom. The van der Waals surface area contributed by atoms with Crippen LogP contribution in [0.25, 0.3) is 0 Å². The zero-order chi connectivity index (χ0) is 20.8. The lowest BCUT2D eigenvalue weighted by molar-refractivity contribution is 0.143. The van der Waals surface area contributed by atoms with Crippen molar-refractivity contribution in [1.29, 1.82) is 0 Å². The molecule has 1 amide bonds. The van der Waals surface area contributed by atoms with E-state index in [1.807, 2.05) is 0 Å². The highest BCUT2D eigenvalue weighted by molar-refractivity contribution is 7.80. The fraction of sp³-hybridized carbons (Fsp3) is 0.550. The SMILES string of the molecule is CC(=S)NC[C@H]1CN(c2ccc(NCCNC(=S)C3CCCC3)c(F)c2)C(=O)O1. The molecule has 6 nitrogen and oxygen atoms in total. The van der Waals surface area contributed by atoms with Crippen molar-refractivity contribution in [1.82, 2.24) is 10.6 Å². The number of amides is 1. The summed E-state index contributed by atoms with van der Waals surface area (Å²) in [5.74, 6) is 0.0816. The van der Waals surface area contributed by atoms with Gasteiger partial charge in [0.15, 0.2) is 0 Å². The number of carbonyl (C=O) groups excluding carboxylic acids is 1. The Kier molecular flexibility index (Phi) is 7.60. The van der Waals surface area contributed by atoms with Crippen molar-refractivity contribution in [2.75, 3.05) is 36.4 Å². The van der Waals surface area contributed by atoms with E-state index in [-0.39, 0.29) is 6.10 Å². The first-order valence-electron chi connectivity index (χ1n) is 9.97. The van der Waals surface area contributed by atoms with Crippen LogP contribution in [-0.2, 0) is 4.74 Å². The monoisotopic (exact) mass is 438 g/mol. The van der Waals surface area contributed by atoms with Gasteiger partial charge in [-0.05, 0) is 38.0 Å². The molecule has 1 saturated carbocycles. The Morgan fingerprint density at radius 2 is 2.00 bits per heavy atom. The molecule has 1 aliphatic heterocycles. The number of benzene rings is 1. The Morgan fingerprint density at radius 1 is 1.24 bits per heavy atom. The molecule has 2 fully saturated rings. The van der Waals surface area contributed by atoms with Crippen LogP contribution in [0.2, 0.25) is 0 Å². The van der Waals surface area contributed by atoms with Crippen LogP contribution in [0.4, 0.5) is 20.6 Å². The number of nitrogens with one attached hydrogen (secondary N) is 3. The summed E-state index contributed by atoms with van der Waals surface area (Å²) in [6, 6.07) is 4.70. The van der Waals surface area contributed by atoms with E-state index in [1.54, 1.807) is 19.1 Å². The van der Waals surface area contributed by atoms with Crippen LogP contribution < -0.4 is 20.9 Å². The Balaban J connectivity index is 1.47. The van der Waals surface area contributed by atoms with Gasteiger partial charge in [-0.25, -0.2) is 9.18 Å². The summed E-state index contributed by atoms with van der Waals surface area (Å²) in [6.45, 7) is 3.75. The molecule has 1 atom stereocenters. The molecule has 1 aromatic carbocycles. The molecule has 158 valence electrons. The zero-order valence-corrected chi connectivity index (χ0v) is 18.1. The van der Waals surface area contributed by atoms with Gasteiger partial charge in [0.25, 0.3) is 0 Å². The maximum atomic E-state index is 14.5. The molecule has 0 aromatic heterocycles. The number of nitrogens with zero attached hydrogens (tertiary/aromatic N) is 1. The Bertz CT molecular complexity index is 771. The molecule has 3 rings (SSSR count). The second-order valence-corrected chi connectivity index (χ2v) is 8.47. The minimum Gasteiger partial charge on any atom is -0.442 e. The Hall–Kier alpha value is -2.00. The average molecular weight is 439 g/mol. The lowest BCUT2D eigenvalue weighted by Crippen LogP contribution is -2.32. The van der Waals surface area contributed by atoms with Gasteiger partial charge >= 0.3 is 6.09 Å². The first-order valence-corrected chi connectivity index (χ1v) is 10.8. The summed E-state index contributed by atoms with van der Waals surface area (Å²) >= 11 is 10.4. The van der Waals surface area contributed by atoms with Crippen LogP contribution in [0.1, 0.15) is 32.6 Å². The van der Waals surface area contributed by atoms with Gasteiger partial charge in [0.05, 0.1) is 34.4 Å². The number of halogens is 1. The predicted molar refractivity (Wildman–Crippen MR) is 121 cm³/mol. The summed E-state index contributed by atoms with van der Waals surface area (Å²) in [7, 11) is 0. The number of anilines is 2. The molecule has 0 unspecified atom stereocenters. The van der Waals surface area contributed by atoms with Crippen LogP contribution in [0.5, 0.6) is 0 Å². The second kappa shape index (κ2) is 10.2. The third-order valence-corrected chi connectivity index (χ3v) is 5.80. The van der Waals surface area contributed by atoms with Crippen molar-refractivity contribution < 1.29 is 13.9 Å². The fourth-order valence-electron chi connectivity index (χ4n) is 3.63. The number of cyclic esters (lactones) is 1. The molecule has 1 aromatic rings. The van der Waals surface area contributed by atoms with Crippen LogP contribution >= 0.6 is 24.4 Å².